The molecule has 110 valence electrons. The van der Waals surface area contributed by atoms with Crippen molar-refractivity contribution in [1.82, 2.24) is 5.32 Å². The zero-order valence-electron chi connectivity index (χ0n) is 12.2. The first kappa shape index (κ1) is 15.5. The van der Waals surface area contributed by atoms with Crippen LogP contribution >= 0.6 is 11.6 Å². The summed E-state index contributed by atoms with van der Waals surface area (Å²) in [6.45, 7) is 4.17. The lowest BCUT2D eigenvalue weighted by molar-refractivity contribution is -0.115. The standard InChI is InChI=1S/C17H19ClN2O/c1-12-15(18)9-6-10-16(12)20-17(21)11-19-13(2)14-7-4-3-5-8-14/h3-10,13,19H,11H2,1-2H3,(H,20,21)/t13-/m1/s1. The number of hydrogen-bond donors (Lipinski definition) is 2. The molecule has 0 aliphatic heterocycles. The Bertz CT molecular complexity index is 613. The van der Waals surface area contributed by atoms with Crippen LogP contribution < -0.4 is 10.6 Å². The third kappa shape index (κ3) is 4.31. The van der Waals surface area contributed by atoms with Crippen molar-refractivity contribution in [2.24, 2.45) is 0 Å². The Kier molecular flexibility index (Phi) is 5.37. The highest BCUT2D eigenvalue weighted by atomic mass is 35.5. The average molecular weight is 303 g/mol. The van der Waals surface area contributed by atoms with Gasteiger partial charge < -0.3 is 10.6 Å². The molecule has 0 fully saturated rings. The van der Waals surface area contributed by atoms with Crippen molar-refractivity contribution < 1.29 is 4.79 Å². The van der Waals surface area contributed by atoms with Gasteiger partial charge in [-0.15, -0.1) is 0 Å². The van der Waals surface area contributed by atoms with Gasteiger partial charge in [-0.1, -0.05) is 48.0 Å². The van der Waals surface area contributed by atoms with Gasteiger partial charge in [0.05, 0.1) is 6.54 Å². The Morgan fingerprint density at radius 3 is 2.57 bits per heavy atom. The van der Waals surface area contributed by atoms with Crippen molar-refractivity contribution in [3.05, 3.63) is 64.7 Å². The maximum absolute atomic E-state index is 12.0. The second kappa shape index (κ2) is 7.25. The first-order valence-corrected chi connectivity index (χ1v) is 7.29. The summed E-state index contributed by atoms with van der Waals surface area (Å²) in [5, 5.41) is 6.73. The van der Waals surface area contributed by atoms with Gasteiger partial charge in [-0.25, -0.2) is 0 Å². The molecule has 21 heavy (non-hydrogen) atoms. The zero-order valence-corrected chi connectivity index (χ0v) is 12.9. The number of amides is 1. The van der Waals surface area contributed by atoms with E-state index in [0.29, 0.717) is 5.02 Å². The summed E-state index contributed by atoms with van der Waals surface area (Å²) < 4.78 is 0. The van der Waals surface area contributed by atoms with Crippen molar-refractivity contribution in [2.75, 3.05) is 11.9 Å². The van der Waals surface area contributed by atoms with Gasteiger partial charge in [-0.2, -0.15) is 0 Å². The minimum absolute atomic E-state index is 0.0804. The molecule has 4 heteroatoms. The van der Waals surface area contributed by atoms with Gasteiger partial charge in [0.25, 0.3) is 0 Å². The molecule has 0 aliphatic rings. The first-order chi connectivity index (χ1) is 10.1. The van der Waals surface area contributed by atoms with E-state index in [-0.39, 0.29) is 18.5 Å². The Balaban J connectivity index is 1.89. The highest BCUT2D eigenvalue weighted by Crippen LogP contribution is 2.22. The molecule has 2 aromatic carbocycles. The van der Waals surface area contributed by atoms with Crippen LogP contribution in [-0.2, 0) is 4.79 Å². The molecule has 0 spiro atoms. The van der Waals surface area contributed by atoms with Crippen molar-refractivity contribution >= 4 is 23.2 Å². The predicted octanol–water partition coefficient (Wildman–Crippen LogP) is 3.94. The summed E-state index contributed by atoms with van der Waals surface area (Å²) in [6.07, 6.45) is 0. The van der Waals surface area contributed by atoms with Gasteiger partial charge in [0.2, 0.25) is 5.91 Å². The molecule has 2 rings (SSSR count). The monoisotopic (exact) mass is 302 g/mol. The number of hydrogen-bond acceptors (Lipinski definition) is 2. The lowest BCUT2D eigenvalue weighted by atomic mass is 10.1. The van der Waals surface area contributed by atoms with Crippen LogP contribution in [0.3, 0.4) is 0 Å². The van der Waals surface area contributed by atoms with E-state index in [1.807, 2.05) is 62.4 Å². The normalized spacial score (nSPS) is 12.0. The van der Waals surface area contributed by atoms with Crippen molar-refractivity contribution in [1.29, 1.82) is 0 Å². The lowest BCUT2D eigenvalue weighted by Crippen LogP contribution is -2.30. The van der Waals surface area contributed by atoms with E-state index in [0.717, 1.165) is 16.8 Å². The van der Waals surface area contributed by atoms with Crippen LogP contribution in [0.1, 0.15) is 24.1 Å². The van der Waals surface area contributed by atoms with Crippen LogP contribution in [-0.4, -0.2) is 12.5 Å². The topological polar surface area (TPSA) is 41.1 Å². The van der Waals surface area contributed by atoms with Crippen LogP contribution in [0.2, 0.25) is 5.02 Å². The number of halogens is 1. The van der Waals surface area contributed by atoms with Crippen LogP contribution in [0, 0.1) is 6.92 Å². The van der Waals surface area contributed by atoms with Crippen molar-refractivity contribution in [3.8, 4) is 0 Å². The molecule has 0 unspecified atom stereocenters. The van der Waals surface area contributed by atoms with E-state index < -0.39 is 0 Å². The molecule has 0 aliphatic carbocycles. The third-order valence-corrected chi connectivity index (χ3v) is 3.82. The van der Waals surface area contributed by atoms with E-state index in [4.69, 9.17) is 11.6 Å². The van der Waals surface area contributed by atoms with Crippen LogP contribution in [0.15, 0.2) is 48.5 Å². The number of carbonyl (C=O) groups is 1. The second-order valence-electron chi connectivity index (χ2n) is 4.97. The molecular weight excluding hydrogens is 284 g/mol. The van der Waals surface area contributed by atoms with Gasteiger partial charge in [0, 0.05) is 16.8 Å². The maximum Gasteiger partial charge on any atom is 0.238 e. The lowest BCUT2D eigenvalue weighted by Gasteiger charge is -2.15. The summed E-state index contributed by atoms with van der Waals surface area (Å²) in [4.78, 5) is 12.0. The van der Waals surface area contributed by atoms with Crippen molar-refractivity contribution in [2.45, 2.75) is 19.9 Å². The molecular formula is C17H19ClN2O. The van der Waals surface area contributed by atoms with E-state index in [1.54, 1.807) is 0 Å². The largest absolute Gasteiger partial charge is 0.325 e. The van der Waals surface area contributed by atoms with E-state index >= 15 is 0 Å². The average Bonchev–Trinajstić information content (AvgIpc) is 2.50. The Morgan fingerprint density at radius 1 is 1.14 bits per heavy atom. The van der Waals surface area contributed by atoms with Gasteiger partial charge in [-0.3, -0.25) is 4.79 Å². The van der Waals surface area contributed by atoms with Gasteiger partial charge in [0.15, 0.2) is 0 Å². The van der Waals surface area contributed by atoms with Gasteiger partial charge >= 0.3 is 0 Å². The predicted molar refractivity (Wildman–Crippen MR) is 87.7 cm³/mol. The summed E-state index contributed by atoms with van der Waals surface area (Å²) in [5.74, 6) is -0.0804. The van der Waals surface area contributed by atoms with Gasteiger partial charge in [-0.05, 0) is 37.1 Å². The molecule has 0 radical (unpaired) electrons. The summed E-state index contributed by atoms with van der Waals surface area (Å²) >= 11 is 6.04. The fourth-order valence-corrected chi connectivity index (χ4v) is 2.22. The molecule has 0 heterocycles. The Hall–Kier alpha value is -1.84. The molecule has 2 aromatic rings. The minimum Gasteiger partial charge on any atom is -0.325 e. The molecule has 2 N–H and O–H groups in total. The molecule has 1 amide bonds. The zero-order chi connectivity index (χ0) is 15.2. The summed E-state index contributed by atoms with van der Waals surface area (Å²) in [5.41, 5.74) is 2.79. The Morgan fingerprint density at radius 2 is 1.86 bits per heavy atom. The molecule has 0 saturated heterocycles. The van der Waals surface area contributed by atoms with Crippen molar-refractivity contribution in [3.63, 3.8) is 0 Å². The fourth-order valence-electron chi connectivity index (χ4n) is 2.04. The first-order valence-electron chi connectivity index (χ1n) is 6.91. The third-order valence-electron chi connectivity index (χ3n) is 3.41. The number of benzene rings is 2. The molecule has 0 bridgehead atoms. The minimum atomic E-state index is -0.0804. The number of anilines is 1. The SMILES string of the molecule is Cc1c(Cl)cccc1NC(=O)CN[C@H](C)c1ccccc1. The van der Waals surface area contributed by atoms with E-state index in [1.165, 1.54) is 0 Å². The molecule has 3 nitrogen and oxygen atoms in total. The van der Waals surface area contributed by atoms with Crippen LogP contribution in [0.25, 0.3) is 0 Å². The molecule has 1 atom stereocenters. The maximum atomic E-state index is 12.0. The molecule has 0 aromatic heterocycles. The van der Waals surface area contributed by atoms with Crippen LogP contribution in [0.5, 0.6) is 0 Å². The Labute approximate surface area is 130 Å². The van der Waals surface area contributed by atoms with Crippen LogP contribution in [0.4, 0.5) is 5.69 Å². The second-order valence-corrected chi connectivity index (χ2v) is 5.38. The smallest absolute Gasteiger partial charge is 0.238 e. The van der Waals surface area contributed by atoms with E-state index in [9.17, 15) is 4.79 Å². The van der Waals surface area contributed by atoms with Gasteiger partial charge in [0.1, 0.15) is 0 Å². The highest BCUT2D eigenvalue weighted by Gasteiger charge is 2.09. The fraction of sp³-hybridized carbons (Fsp3) is 0.235. The highest BCUT2D eigenvalue weighted by molar-refractivity contribution is 6.31. The summed E-state index contributed by atoms with van der Waals surface area (Å²) in [6, 6.07) is 15.6. The quantitative estimate of drug-likeness (QED) is 0.878. The summed E-state index contributed by atoms with van der Waals surface area (Å²) in [7, 11) is 0. The number of carbonyl (C=O) groups excluding carboxylic acids is 1. The number of rotatable bonds is 5. The number of nitrogens with one attached hydrogen (secondary N) is 2. The van der Waals surface area contributed by atoms with E-state index in [2.05, 4.69) is 10.6 Å². The molecule has 0 saturated carbocycles.